The van der Waals surface area contributed by atoms with Gasteiger partial charge in [-0.2, -0.15) is 0 Å². The molecule has 1 aliphatic rings. The smallest absolute Gasteiger partial charge is 0.255 e. The van der Waals surface area contributed by atoms with Crippen molar-refractivity contribution in [1.29, 1.82) is 0 Å². The van der Waals surface area contributed by atoms with Crippen LogP contribution < -0.4 is 5.32 Å². The highest BCUT2D eigenvalue weighted by molar-refractivity contribution is 7.90. The van der Waals surface area contributed by atoms with Crippen molar-refractivity contribution in [2.75, 3.05) is 11.6 Å². The lowest BCUT2D eigenvalue weighted by molar-refractivity contribution is 0.102. The molecule has 3 aromatic rings. The van der Waals surface area contributed by atoms with Crippen LogP contribution >= 0.6 is 0 Å². The molecular formula is C24H21NO2S. The van der Waals surface area contributed by atoms with Crippen molar-refractivity contribution in [2.24, 2.45) is 0 Å². The minimum Gasteiger partial charge on any atom is -0.612 e. The molecule has 0 heterocycles. The van der Waals surface area contributed by atoms with Gasteiger partial charge in [0.05, 0.1) is 0 Å². The highest BCUT2D eigenvalue weighted by Gasteiger charge is 2.12. The molecule has 1 aliphatic carbocycles. The average molecular weight is 388 g/mol. The summed E-state index contributed by atoms with van der Waals surface area (Å²) in [4.78, 5) is 13.2. The molecule has 4 rings (SSSR count). The molecule has 140 valence electrons. The number of benzene rings is 3. The quantitative estimate of drug-likeness (QED) is 0.617. The molecule has 1 atom stereocenters. The number of nitrogens with one attached hydrogen (secondary N) is 1. The van der Waals surface area contributed by atoms with Crippen LogP contribution in [-0.4, -0.2) is 16.7 Å². The summed E-state index contributed by atoms with van der Waals surface area (Å²) in [6, 6.07) is 21.2. The van der Waals surface area contributed by atoms with Crippen LogP contribution in [0, 0.1) is 0 Å². The minimum atomic E-state index is -1.11. The van der Waals surface area contributed by atoms with E-state index in [0.29, 0.717) is 10.5 Å². The molecular weight excluding hydrogens is 366 g/mol. The van der Waals surface area contributed by atoms with Crippen molar-refractivity contribution in [1.82, 2.24) is 0 Å². The van der Waals surface area contributed by atoms with Crippen molar-refractivity contribution in [3.05, 3.63) is 89.5 Å². The fourth-order valence-electron chi connectivity index (χ4n) is 3.47. The number of rotatable bonds is 4. The SMILES string of the molecule is C[S+]([O-])c1cccc(C(=O)Nc2ccc(-c3cccc4c3C=CCC4)cc2)c1. The molecule has 0 fully saturated rings. The predicted octanol–water partition coefficient (Wildman–Crippen LogP) is 5.30. The number of hydrogen-bond acceptors (Lipinski definition) is 2. The molecule has 0 aliphatic heterocycles. The third-order valence-electron chi connectivity index (χ3n) is 4.94. The van der Waals surface area contributed by atoms with Gasteiger partial charge in [-0.1, -0.05) is 48.6 Å². The molecule has 0 saturated heterocycles. The first-order valence-electron chi connectivity index (χ1n) is 9.25. The summed E-state index contributed by atoms with van der Waals surface area (Å²) in [5.74, 6) is -0.208. The monoisotopic (exact) mass is 387 g/mol. The van der Waals surface area contributed by atoms with Gasteiger partial charge in [0, 0.05) is 17.3 Å². The van der Waals surface area contributed by atoms with E-state index in [1.165, 1.54) is 16.7 Å². The van der Waals surface area contributed by atoms with Crippen LogP contribution in [0.4, 0.5) is 5.69 Å². The number of carbonyl (C=O) groups excluding carboxylic acids is 1. The van der Waals surface area contributed by atoms with Gasteiger partial charge in [-0.15, -0.1) is 0 Å². The van der Waals surface area contributed by atoms with Crippen molar-refractivity contribution >= 4 is 28.8 Å². The zero-order valence-corrected chi connectivity index (χ0v) is 16.5. The molecule has 0 saturated carbocycles. The molecule has 1 N–H and O–H groups in total. The lowest BCUT2D eigenvalue weighted by atomic mass is 9.90. The zero-order chi connectivity index (χ0) is 19.5. The van der Waals surface area contributed by atoms with Gasteiger partial charge in [0.15, 0.2) is 4.90 Å². The molecule has 28 heavy (non-hydrogen) atoms. The summed E-state index contributed by atoms with van der Waals surface area (Å²) < 4.78 is 11.6. The molecule has 0 aromatic heterocycles. The maximum Gasteiger partial charge on any atom is 0.255 e. The zero-order valence-electron chi connectivity index (χ0n) is 15.6. The number of fused-ring (bicyclic) bond motifs is 1. The van der Waals surface area contributed by atoms with Gasteiger partial charge in [-0.05, 0) is 70.5 Å². The Morgan fingerprint density at radius 3 is 2.61 bits per heavy atom. The lowest BCUT2D eigenvalue weighted by Crippen LogP contribution is -2.12. The first-order chi connectivity index (χ1) is 13.6. The third-order valence-corrected chi connectivity index (χ3v) is 5.86. The second-order valence-electron chi connectivity index (χ2n) is 6.83. The summed E-state index contributed by atoms with van der Waals surface area (Å²) in [7, 11) is 0. The highest BCUT2D eigenvalue weighted by atomic mass is 32.2. The van der Waals surface area contributed by atoms with Gasteiger partial charge < -0.3 is 9.87 Å². The Balaban J connectivity index is 1.54. The second kappa shape index (κ2) is 8.05. The van der Waals surface area contributed by atoms with E-state index in [0.717, 1.165) is 24.1 Å². The molecule has 0 bridgehead atoms. The van der Waals surface area contributed by atoms with Gasteiger partial charge in [0.2, 0.25) is 0 Å². The fraction of sp³-hybridized carbons (Fsp3) is 0.125. The van der Waals surface area contributed by atoms with Gasteiger partial charge in [-0.3, -0.25) is 4.79 Å². The number of aryl methyl sites for hydroxylation is 1. The number of carbonyl (C=O) groups is 1. The van der Waals surface area contributed by atoms with Gasteiger partial charge in [0.25, 0.3) is 5.91 Å². The Hall–Kier alpha value is -2.82. The average Bonchev–Trinajstić information content (AvgIpc) is 2.74. The summed E-state index contributed by atoms with van der Waals surface area (Å²) in [5, 5.41) is 2.91. The summed E-state index contributed by atoms with van der Waals surface area (Å²) >= 11 is -1.11. The van der Waals surface area contributed by atoms with Crippen LogP contribution in [0.1, 0.15) is 27.9 Å². The normalized spacial score (nSPS) is 13.6. The lowest BCUT2D eigenvalue weighted by Gasteiger charge is -2.15. The largest absolute Gasteiger partial charge is 0.612 e. The van der Waals surface area contributed by atoms with E-state index in [2.05, 4.69) is 35.7 Å². The Labute approximate surface area is 168 Å². The Morgan fingerprint density at radius 2 is 1.82 bits per heavy atom. The number of hydrogen-bond donors (Lipinski definition) is 1. The van der Waals surface area contributed by atoms with E-state index in [9.17, 15) is 9.35 Å². The van der Waals surface area contributed by atoms with E-state index in [-0.39, 0.29) is 5.91 Å². The summed E-state index contributed by atoms with van der Waals surface area (Å²) in [5.41, 5.74) is 6.24. The van der Waals surface area contributed by atoms with Crippen LogP contribution in [0.25, 0.3) is 17.2 Å². The molecule has 0 radical (unpaired) electrons. The summed E-state index contributed by atoms with van der Waals surface area (Å²) in [6.45, 7) is 0. The van der Waals surface area contributed by atoms with Crippen LogP contribution in [0.5, 0.6) is 0 Å². The van der Waals surface area contributed by atoms with Crippen molar-refractivity contribution in [2.45, 2.75) is 17.7 Å². The van der Waals surface area contributed by atoms with E-state index < -0.39 is 11.2 Å². The molecule has 3 nitrogen and oxygen atoms in total. The predicted molar refractivity (Wildman–Crippen MR) is 116 cm³/mol. The van der Waals surface area contributed by atoms with Crippen LogP contribution in [0.2, 0.25) is 0 Å². The van der Waals surface area contributed by atoms with E-state index in [1.54, 1.807) is 30.5 Å². The number of amides is 1. The molecule has 0 spiro atoms. The Bertz CT molecular complexity index is 1040. The Kier molecular flexibility index (Phi) is 5.33. The van der Waals surface area contributed by atoms with Crippen LogP contribution in [0.3, 0.4) is 0 Å². The van der Waals surface area contributed by atoms with Crippen LogP contribution in [0.15, 0.2) is 77.7 Å². The Morgan fingerprint density at radius 1 is 1.04 bits per heavy atom. The van der Waals surface area contributed by atoms with Gasteiger partial charge >= 0.3 is 0 Å². The maximum atomic E-state index is 12.5. The standard InChI is InChI=1S/C24H21NO2S/c1-28(27)21-9-4-8-19(16-21)24(26)25-20-14-12-18(13-15-20)23-11-5-7-17-6-2-3-10-22(17)23/h3-5,7-16H,2,6H2,1H3,(H,25,26). The molecule has 1 unspecified atom stereocenters. The van der Waals surface area contributed by atoms with Crippen LogP contribution in [-0.2, 0) is 17.6 Å². The van der Waals surface area contributed by atoms with E-state index >= 15 is 0 Å². The third kappa shape index (κ3) is 3.88. The molecule has 4 heteroatoms. The number of allylic oxidation sites excluding steroid dienone is 1. The summed E-state index contributed by atoms with van der Waals surface area (Å²) in [6.07, 6.45) is 8.20. The van der Waals surface area contributed by atoms with Crippen molar-refractivity contribution in [3.8, 4) is 11.1 Å². The van der Waals surface area contributed by atoms with Gasteiger partial charge in [-0.25, -0.2) is 0 Å². The van der Waals surface area contributed by atoms with Crippen molar-refractivity contribution < 1.29 is 9.35 Å². The van der Waals surface area contributed by atoms with Crippen molar-refractivity contribution in [3.63, 3.8) is 0 Å². The highest BCUT2D eigenvalue weighted by Crippen LogP contribution is 2.31. The van der Waals surface area contributed by atoms with E-state index in [4.69, 9.17) is 0 Å². The second-order valence-corrected chi connectivity index (χ2v) is 8.21. The number of anilines is 1. The first-order valence-corrected chi connectivity index (χ1v) is 10.8. The van der Waals surface area contributed by atoms with E-state index in [1.807, 2.05) is 24.3 Å². The fourth-order valence-corrected chi connectivity index (χ4v) is 4.04. The molecule has 3 aromatic carbocycles. The minimum absolute atomic E-state index is 0.208. The maximum absolute atomic E-state index is 12.5. The topological polar surface area (TPSA) is 52.2 Å². The first kappa shape index (κ1) is 18.5. The van der Waals surface area contributed by atoms with Gasteiger partial charge in [0.1, 0.15) is 6.26 Å². The molecule has 1 amide bonds.